The van der Waals surface area contributed by atoms with E-state index in [9.17, 15) is 4.79 Å². The van der Waals surface area contributed by atoms with Crippen molar-refractivity contribution in [1.82, 2.24) is 9.36 Å². The van der Waals surface area contributed by atoms with Crippen LogP contribution in [-0.4, -0.2) is 27.0 Å². The molecule has 5 nitrogen and oxygen atoms in total. The van der Waals surface area contributed by atoms with Gasteiger partial charge in [-0.3, -0.25) is 4.79 Å². The van der Waals surface area contributed by atoms with Gasteiger partial charge in [0, 0.05) is 18.1 Å². The Morgan fingerprint density at radius 1 is 1.71 bits per heavy atom. The van der Waals surface area contributed by atoms with E-state index in [1.807, 2.05) is 13.8 Å². The Balaban J connectivity index is 2.45. The summed E-state index contributed by atoms with van der Waals surface area (Å²) in [5, 5.41) is 12.5. The highest BCUT2D eigenvalue weighted by Crippen LogP contribution is 2.13. The van der Waals surface area contributed by atoms with Gasteiger partial charge in [-0.05, 0) is 5.92 Å². The maximum atomic E-state index is 10.8. The Hall–Kier alpha value is -1.17. The molecule has 0 radical (unpaired) electrons. The average molecular weight is 215 g/mol. The van der Waals surface area contributed by atoms with E-state index in [0.717, 1.165) is 0 Å². The second-order valence-corrected chi connectivity index (χ2v) is 4.10. The molecule has 1 unspecified atom stereocenters. The van der Waals surface area contributed by atoms with Crippen LogP contribution in [0.15, 0.2) is 6.33 Å². The highest BCUT2D eigenvalue weighted by atomic mass is 32.1. The molecule has 0 bridgehead atoms. The molecule has 1 heterocycles. The predicted molar refractivity (Wildman–Crippen MR) is 54.4 cm³/mol. The second-order valence-electron chi connectivity index (χ2n) is 3.32. The molecule has 1 aromatic heterocycles. The molecular weight excluding hydrogens is 202 g/mol. The molecule has 0 aliphatic heterocycles. The molecule has 1 rings (SSSR count). The minimum atomic E-state index is -0.781. The molecule has 6 heteroatoms. The van der Waals surface area contributed by atoms with E-state index in [1.54, 1.807) is 0 Å². The van der Waals surface area contributed by atoms with Crippen LogP contribution >= 0.6 is 11.5 Å². The van der Waals surface area contributed by atoms with Gasteiger partial charge in [0.05, 0.1) is 5.92 Å². The number of hydrogen-bond acceptors (Lipinski definition) is 5. The fourth-order valence-electron chi connectivity index (χ4n) is 1.06. The highest BCUT2D eigenvalue weighted by Gasteiger charge is 2.21. The van der Waals surface area contributed by atoms with E-state index in [0.29, 0.717) is 11.7 Å². The largest absolute Gasteiger partial charge is 0.481 e. The number of nitrogens with zero attached hydrogens (tertiary/aromatic N) is 2. The lowest BCUT2D eigenvalue weighted by atomic mass is 9.96. The molecule has 0 aromatic carbocycles. The van der Waals surface area contributed by atoms with Crippen molar-refractivity contribution in [2.45, 2.75) is 13.8 Å². The molecule has 1 aromatic rings. The smallest absolute Gasteiger partial charge is 0.308 e. The first kappa shape index (κ1) is 10.9. The fourth-order valence-corrected chi connectivity index (χ4v) is 1.49. The van der Waals surface area contributed by atoms with Gasteiger partial charge in [0.15, 0.2) is 0 Å². The van der Waals surface area contributed by atoms with Gasteiger partial charge >= 0.3 is 5.97 Å². The van der Waals surface area contributed by atoms with Gasteiger partial charge in [0.1, 0.15) is 6.33 Å². The number of aromatic nitrogens is 2. The number of carboxylic acids is 1. The summed E-state index contributed by atoms with van der Waals surface area (Å²) in [5.41, 5.74) is 0. The summed E-state index contributed by atoms with van der Waals surface area (Å²) >= 11 is 1.22. The number of rotatable bonds is 5. The molecule has 2 N–H and O–H groups in total. The first-order valence-corrected chi connectivity index (χ1v) is 5.12. The fraction of sp³-hybridized carbons (Fsp3) is 0.625. The zero-order chi connectivity index (χ0) is 10.6. The van der Waals surface area contributed by atoms with Gasteiger partial charge in [-0.15, -0.1) is 0 Å². The van der Waals surface area contributed by atoms with Gasteiger partial charge < -0.3 is 10.4 Å². The quantitative estimate of drug-likeness (QED) is 0.774. The van der Waals surface area contributed by atoms with E-state index < -0.39 is 5.97 Å². The molecule has 0 saturated heterocycles. The van der Waals surface area contributed by atoms with Crippen molar-refractivity contribution in [3.8, 4) is 0 Å². The van der Waals surface area contributed by atoms with Crippen LogP contribution in [0.3, 0.4) is 0 Å². The zero-order valence-corrected chi connectivity index (χ0v) is 8.91. The van der Waals surface area contributed by atoms with E-state index in [1.165, 1.54) is 17.9 Å². The van der Waals surface area contributed by atoms with Gasteiger partial charge in [-0.2, -0.15) is 4.37 Å². The zero-order valence-electron chi connectivity index (χ0n) is 8.10. The van der Waals surface area contributed by atoms with Crippen LogP contribution < -0.4 is 5.32 Å². The Labute approximate surface area is 86.3 Å². The minimum absolute atomic E-state index is 0.105. The third-order valence-corrected chi connectivity index (χ3v) is 2.58. The van der Waals surface area contributed by atoms with Crippen molar-refractivity contribution in [3.63, 3.8) is 0 Å². The van der Waals surface area contributed by atoms with Gasteiger partial charge in [-0.25, -0.2) is 4.98 Å². The van der Waals surface area contributed by atoms with E-state index in [2.05, 4.69) is 14.7 Å². The summed E-state index contributed by atoms with van der Waals surface area (Å²) < 4.78 is 3.81. The molecule has 0 fully saturated rings. The summed E-state index contributed by atoms with van der Waals surface area (Å²) in [6.07, 6.45) is 1.44. The highest BCUT2D eigenvalue weighted by molar-refractivity contribution is 7.09. The Morgan fingerprint density at radius 3 is 2.86 bits per heavy atom. The molecule has 14 heavy (non-hydrogen) atoms. The number of carbonyl (C=O) groups is 1. The molecular formula is C8H13N3O2S. The lowest BCUT2D eigenvalue weighted by molar-refractivity contribution is -0.142. The maximum Gasteiger partial charge on any atom is 0.308 e. The normalized spacial score (nSPS) is 12.8. The van der Waals surface area contributed by atoms with Crippen molar-refractivity contribution in [1.29, 1.82) is 0 Å². The SMILES string of the molecule is CC(C)C(CNc1ncns1)C(=O)O. The van der Waals surface area contributed by atoms with E-state index >= 15 is 0 Å². The number of carboxylic acid groups (broad SMARTS) is 1. The average Bonchev–Trinajstić information content (AvgIpc) is 2.55. The predicted octanol–water partition coefficient (Wildman–Crippen LogP) is 1.31. The maximum absolute atomic E-state index is 10.8. The van der Waals surface area contributed by atoms with Crippen LogP contribution in [0.5, 0.6) is 0 Å². The third kappa shape index (κ3) is 2.95. The summed E-state index contributed by atoms with van der Waals surface area (Å²) in [5.74, 6) is -1.07. The first-order chi connectivity index (χ1) is 6.61. The molecule has 0 spiro atoms. The molecule has 0 saturated carbocycles. The molecule has 0 aliphatic carbocycles. The molecule has 0 amide bonds. The third-order valence-electron chi connectivity index (χ3n) is 1.96. The lowest BCUT2D eigenvalue weighted by Gasteiger charge is -2.15. The van der Waals surface area contributed by atoms with Crippen LogP contribution in [0.25, 0.3) is 0 Å². The van der Waals surface area contributed by atoms with Crippen molar-refractivity contribution in [2.75, 3.05) is 11.9 Å². The second kappa shape index (κ2) is 4.90. The Morgan fingerprint density at radius 2 is 2.43 bits per heavy atom. The molecule has 78 valence electrons. The number of anilines is 1. The summed E-state index contributed by atoms with van der Waals surface area (Å²) in [6.45, 7) is 4.17. The first-order valence-electron chi connectivity index (χ1n) is 4.34. The minimum Gasteiger partial charge on any atom is -0.481 e. The molecule has 0 aliphatic rings. The van der Waals surface area contributed by atoms with Crippen LogP contribution in [0, 0.1) is 11.8 Å². The van der Waals surface area contributed by atoms with Gasteiger partial charge in [0.25, 0.3) is 0 Å². The standard InChI is InChI=1S/C8H13N3O2S/c1-5(2)6(7(12)13)3-9-8-10-4-11-14-8/h4-6H,3H2,1-2H3,(H,12,13)(H,9,10,11). The Kier molecular flexibility index (Phi) is 3.82. The number of hydrogen-bond donors (Lipinski definition) is 2. The van der Waals surface area contributed by atoms with Crippen molar-refractivity contribution in [3.05, 3.63) is 6.33 Å². The van der Waals surface area contributed by atoms with E-state index in [-0.39, 0.29) is 11.8 Å². The monoisotopic (exact) mass is 215 g/mol. The van der Waals surface area contributed by atoms with Crippen molar-refractivity contribution < 1.29 is 9.90 Å². The van der Waals surface area contributed by atoms with Gasteiger partial charge in [-0.1, -0.05) is 13.8 Å². The number of aliphatic carboxylic acids is 1. The van der Waals surface area contributed by atoms with Crippen LogP contribution in [0.1, 0.15) is 13.8 Å². The topological polar surface area (TPSA) is 75.1 Å². The summed E-state index contributed by atoms with van der Waals surface area (Å²) in [7, 11) is 0. The van der Waals surface area contributed by atoms with Crippen LogP contribution in [0.2, 0.25) is 0 Å². The molecule has 1 atom stereocenters. The Bertz CT molecular complexity index is 287. The van der Waals surface area contributed by atoms with Crippen LogP contribution in [-0.2, 0) is 4.79 Å². The van der Waals surface area contributed by atoms with Crippen molar-refractivity contribution in [2.24, 2.45) is 11.8 Å². The van der Waals surface area contributed by atoms with E-state index in [4.69, 9.17) is 5.11 Å². The summed E-state index contributed by atoms with van der Waals surface area (Å²) in [4.78, 5) is 14.7. The van der Waals surface area contributed by atoms with Crippen LogP contribution in [0.4, 0.5) is 5.13 Å². The number of nitrogens with one attached hydrogen (secondary N) is 1. The van der Waals surface area contributed by atoms with Crippen molar-refractivity contribution >= 4 is 22.6 Å². The summed E-state index contributed by atoms with van der Waals surface area (Å²) in [6, 6.07) is 0. The van der Waals surface area contributed by atoms with Gasteiger partial charge in [0.2, 0.25) is 5.13 Å². The lowest BCUT2D eigenvalue weighted by Crippen LogP contribution is -2.27.